The summed E-state index contributed by atoms with van der Waals surface area (Å²) in [5.41, 5.74) is -1.93. The van der Waals surface area contributed by atoms with Crippen molar-refractivity contribution in [1.29, 1.82) is 0 Å². The van der Waals surface area contributed by atoms with Crippen LogP contribution in [0.5, 0.6) is 0 Å². The summed E-state index contributed by atoms with van der Waals surface area (Å²) in [4.78, 5) is 24.8. The summed E-state index contributed by atoms with van der Waals surface area (Å²) in [7, 11) is 0. The third kappa shape index (κ3) is 3.17. The smallest absolute Gasteiger partial charge is 0.312 e. The Bertz CT molecular complexity index is 1020. The molecule has 5 aliphatic rings. The highest BCUT2D eigenvalue weighted by Crippen LogP contribution is 2.77. The number of hydrogen-bond donors (Lipinski definition) is 4. The Hall–Kier alpha value is -1.44. The largest absolute Gasteiger partial charge is 0.481 e. The van der Waals surface area contributed by atoms with E-state index in [1.807, 2.05) is 6.92 Å². The number of hydrogen-bond acceptors (Lipinski definition) is 5. The molecule has 12 atom stereocenters. The van der Waals surface area contributed by atoms with Gasteiger partial charge in [0.1, 0.15) is 0 Å². The fourth-order valence-electron chi connectivity index (χ4n) is 11.4. The van der Waals surface area contributed by atoms with Gasteiger partial charge in [-0.3, -0.25) is 9.59 Å². The van der Waals surface area contributed by atoms with Crippen molar-refractivity contribution in [2.75, 3.05) is 0 Å². The van der Waals surface area contributed by atoms with Crippen LogP contribution in [0.25, 0.3) is 0 Å². The molecule has 0 aromatic carbocycles. The molecule has 0 aromatic heterocycles. The number of rotatable bonds is 4. The molecule has 4 aliphatic carbocycles. The molecular weight excluding hydrogens is 472 g/mol. The highest BCUT2D eigenvalue weighted by molar-refractivity contribution is 5.77. The summed E-state index contributed by atoms with van der Waals surface area (Å²) in [6.07, 6.45) is 1.45. The summed E-state index contributed by atoms with van der Waals surface area (Å²) >= 11 is 0. The van der Waals surface area contributed by atoms with Crippen molar-refractivity contribution in [3.63, 3.8) is 0 Å². The average Bonchev–Trinajstić information content (AvgIpc) is 3.17. The van der Waals surface area contributed by atoms with E-state index >= 15 is 0 Å². The van der Waals surface area contributed by atoms with E-state index < -0.39 is 46.7 Å². The average molecular weight is 519 g/mol. The number of aliphatic hydroxyl groups is 2. The quantitative estimate of drug-likeness (QED) is 0.404. The minimum absolute atomic E-state index is 0.0825. The molecule has 4 saturated carbocycles. The standard InChI is InChI=1S/C30H46O7/c1-15(2)16-12-20(32)30(25(35)36)11-10-27(5)17(23(16)30)13-18(31)24-28(27,6)9-8-19-26(3,4)37-21(14-22(33)34)29(19,24)7/h16-21,23-24,31-32H,1,8-14H2,2-7H3,(H,33,34)(H,35,36)/t16-,17+,18+,19-,20-,21+,23+,24-,27+,28+,29+,30+/m0/s1. The van der Waals surface area contributed by atoms with Crippen molar-refractivity contribution in [3.05, 3.63) is 12.2 Å². The molecule has 1 heterocycles. The van der Waals surface area contributed by atoms with Gasteiger partial charge in [0.25, 0.3) is 0 Å². The molecule has 37 heavy (non-hydrogen) atoms. The summed E-state index contributed by atoms with van der Waals surface area (Å²) in [5.74, 6) is -2.35. The molecule has 7 heteroatoms. The van der Waals surface area contributed by atoms with E-state index in [1.165, 1.54) is 0 Å². The first kappa shape index (κ1) is 27.1. The molecule has 7 nitrogen and oxygen atoms in total. The maximum Gasteiger partial charge on any atom is 0.312 e. The van der Waals surface area contributed by atoms with Crippen molar-refractivity contribution < 1.29 is 34.8 Å². The van der Waals surface area contributed by atoms with Crippen LogP contribution in [-0.4, -0.2) is 56.3 Å². The summed E-state index contributed by atoms with van der Waals surface area (Å²) in [6.45, 7) is 17.0. The van der Waals surface area contributed by atoms with E-state index in [9.17, 15) is 30.0 Å². The topological polar surface area (TPSA) is 124 Å². The van der Waals surface area contributed by atoms with Gasteiger partial charge in [0.05, 0.1) is 35.7 Å². The minimum atomic E-state index is -1.22. The van der Waals surface area contributed by atoms with Gasteiger partial charge in [-0.25, -0.2) is 0 Å². The van der Waals surface area contributed by atoms with Crippen LogP contribution < -0.4 is 0 Å². The number of fused-ring (bicyclic) bond motifs is 7. The van der Waals surface area contributed by atoms with Gasteiger partial charge >= 0.3 is 11.9 Å². The van der Waals surface area contributed by atoms with E-state index in [0.717, 1.165) is 18.4 Å². The lowest BCUT2D eigenvalue weighted by Gasteiger charge is -2.71. The second kappa shape index (κ2) is 8.04. The molecule has 4 N–H and O–H groups in total. The zero-order valence-corrected chi connectivity index (χ0v) is 23.3. The SMILES string of the molecule is C=C(C)[C@@H]1C[C@H](O)[C@]2(C(=O)O)CC[C@]3(C)[C@H](C[C@@H](O)[C@@H]4[C@@]5(C)[C@@H](CC(=O)O)OC(C)(C)[C@@H]5CC[C@]43C)[C@@H]12. The Morgan fingerprint density at radius 2 is 1.62 bits per heavy atom. The first-order valence-electron chi connectivity index (χ1n) is 14.1. The molecule has 5 fully saturated rings. The molecule has 5 rings (SSSR count). The van der Waals surface area contributed by atoms with Crippen LogP contribution in [0, 0.1) is 51.2 Å². The normalized spacial score (nSPS) is 53.9. The van der Waals surface area contributed by atoms with Gasteiger partial charge < -0.3 is 25.2 Å². The second-order valence-electron chi connectivity index (χ2n) is 14.6. The lowest BCUT2D eigenvalue weighted by Crippen LogP contribution is -2.69. The Labute approximate surface area is 220 Å². The van der Waals surface area contributed by atoms with Gasteiger partial charge in [-0.15, -0.1) is 0 Å². The zero-order chi connectivity index (χ0) is 27.5. The van der Waals surface area contributed by atoms with Crippen molar-refractivity contribution >= 4 is 11.9 Å². The van der Waals surface area contributed by atoms with Crippen LogP contribution in [0.4, 0.5) is 0 Å². The van der Waals surface area contributed by atoms with E-state index in [0.29, 0.717) is 25.7 Å². The van der Waals surface area contributed by atoms with Gasteiger partial charge in [-0.05, 0) is 99.7 Å². The van der Waals surface area contributed by atoms with Crippen LogP contribution in [-0.2, 0) is 14.3 Å². The maximum atomic E-state index is 12.9. The van der Waals surface area contributed by atoms with E-state index in [-0.39, 0.29) is 46.8 Å². The number of aliphatic carboxylic acids is 2. The first-order valence-corrected chi connectivity index (χ1v) is 14.1. The number of ether oxygens (including phenoxy) is 1. The van der Waals surface area contributed by atoms with Crippen molar-refractivity contribution in [2.24, 2.45) is 51.2 Å². The summed E-state index contributed by atoms with van der Waals surface area (Å²) in [5, 5.41) is 43.5. The number of carboxylic acids is 2. The van der Waals surface area contributed by atoms with E-state index in [2.05, 4.69) is 41.2 Å². The highest BCUT2D eigenvalue weighted by Gasteiger charge is 2.76. The predicted octanol–water partition coefficient (Wildman–Crippen LogP) is 4.50. The molecule has 0 unspecified atom stereocenters. The molecule has 1 saturated heterocycles. The van der Waals surface area contributed by atoms with Crippen LogP contribution in [0.2, 0.25) is 0 Å². The monoisotopic (exact) mass is 518 g/mol. The van der Waals surface area contributed by atoms with Crippen LogP contribution >= 0.6 is 0 Å². The third-order valence-electron chi connectivity index (χ3n) is 13.0. The molecular formula is C30H46O7. The van der Waals surface area contributed by atoms with Crippen molar-refractivity contribution in [3.8, 4) is 0 Å². The van der Waals surface area contributed by atoms with Crippen LogP contribution in [0.3, 0.4) is 0 Å². The fraction of sp³-hybridized carbons (Fsp3) is 0.867. The van der Waals surface area contributed by atoms with Crippen LogP contribution in [0.15, 0.2) is 12.2 Å². The van der Waals surface area contributed by atoms with Gasteiger partial charge in [-0.1, -0.05) is 32.9 Å². The zero-order valence-electron chi connectivity index (χ0n) is 23.3. The summed E-state index contributed by atoms with van der Waals surface area (Å²) in [6, 6.07) is 0. The lowest BCUT2D eigenvalue weighted by molar-refractivity contribution is -0.258. The number of aliphatic hydroxyl groups excluding tert-OH is 2. The fourth-order valence-corrected chi connectivity index (χ4v) is 11.4. The molecule has 0 amide bonds. The molecule has 208 valence electrons. The first-order chi connectivity index (χ1) is 17.0. The van der Waals surface area contributed by atoms with Gasteiger partial charge in [0.2, 0.25) is 0 Å². The van der Waals surface area contributed by atoms with E-state index in [4.69, 9.17) is 4.74 Å². The maximum absolute atomic E-state index is 12.9. The third-order valence-corrected chi connectivity index (χ3v) is 13.0. The second-order valence-corrected chi connectivity index (χ2v) is 14.6. The highest BCUT2D eigenvalue weighted by atomic mass is 16.5. The molecule has 0 radical (unpaired) electrons. The van der Waals surface area contributed by atoms with Crippen molar-refractivity contribution in [2.45, 2.75) is 110 Å². The molecule has 0 spiro atoms. The number of carboxylic acid groups (broad SMARTS) is 2. The van der Waals surface area contributed by atoms with Crippen LogP contribution in [0.1, 0.15) is 86.5 Å². The predicted molar refractivity (Wildman–Crippen MR) is 138 cm³/mol. The number of allylic oxidation sites excluding steroid dienone is 1. The Morgan fingerprint density at radius 1 is 0.973 bits per heavy atom. The van der Waals surface area contributed by atoms with E-state index in [1.54, 1.807) is 0 Å². The Balaban J connectivity index is 1.64. The van der Waals surface area contributed by atoms with Gasteiger partial charge in [-0.2, -0.15) is 0 Å². The molecule has 0 bridgehead atoms. The Morgan fingerprint density at radius 3 is 2.19 bits per heavy atom. The van der Waals surface area contributed by atoms with Gasteiger partial charge in [0.15, 0.2) is 0 Å². The lowest BCUT2D eigenvalue weighted by atomic mass is 9.33. The Kier molecular flexibility index (Phi) is 5.90. The van der Waals surface area contributed by atoms with Crippen molar-refractivity contribution in [1.82, 2.24) is 0 Å². The minimum Gasteiger partial charge on any atom is -0.481 e. The van der Waals surface area contributed by atoms with Gasteiger partial charge in [0, 0.05) is 5.41 Å². The molecule has 0 aromatic rings. The number of carbonyl (C=O) groups is 2. The summed E-state index contributed by atoms with van der Waals surface area (Å²) < 4.78 is 6.49. The molecule has 1 aliphatic heterocycles.